The van der Waals surface area contributed by atoms with Gasteiger partial charge in [-0.05, 0) is 64.3 Å². The predicted octanol–water partition coefficient (Wildman–Crippen LogP) is 2.42. The molecule has 0 spiro atoms. The highest BCUT2D eigenvalue weighted by atomic mass is 35.5. The first kappa shape index (κ1) is 12.7. The van der Waals surface area contributed by atoms with Gasteiger partial charge in [-0.3, -0.25) is 0 Å². The van der Waals surface area contributed by atoms with Crippen LogP contribution in [0.2, 0.25) is 0 Å². The molecule has 3 heteroatoms. The van der Waals surface area contributed by atoms with Crippen molar-refractivity contribution >= 4 is 11.6 Å². The van der Waals surface area contributed by atoms with Crippen molar-refractivity contribution in [2.75, 3.05) is 39.3 Å². The highest BCUT2D eigenvalue weighted by Gasteiger charge is 2.23. The third-order valence-electron chi connectivity index (χ3n) is 4.10. The molecule has 0 aromatic heterocycles. The van der Waals surface area contributed by atoms with Gasteiger partial charge in [-0.25, -0.2) is 0 Å². The number of nitrogens with zero attached hydrogens (tertiary/aromatic N) is 2. The van der Waals surface area contributed by atoms with Crippen LogP contribution in [-0.4, -0.2) is 54.4 Å². The lowest BCUT2D eigenvalue weighted by atomic mass is 9.98. The van der Waals surface area contributed by atoms with E-state index in [1.54, 1.807) is 0 Å². The maximum Gasteiger partial charge on any atom is 0.0489 e. The highest BCUT2D eigenvalue weighted by Crippen LogP contribution is 2.21. The molecule has 16 heavy (non-hydrogen) atoms. The first-order valence-electron chi connectivity index (χ1n) is 6.84. The van der Waals surface area contributed by atoms with Gasteiger partial charge in [-0.2, -0.15) is 0 Å². The lowest BCUT2D eigenvalue weighted by Crippen LogP contribution is -2.41. The quantitative estimate of drug-likeness (QED) is 0.701. The summed E-state index contributed by atoms with van der Waals surface area (Å²) < 4.78 is 0. The van der Waals surface area contributed by atoms with Crippen molar-refractivity contribution < 1.29 is 0 Å². The summed E-state index contributed by atoms with van der Waals surface area (Å²) in [5.74, 6) is 0.705. The molecule has 2 aliphatic heterocycles. The van der Waals surface area contributed by atoms with E-state index in [0.717, 1.165) is 6.54 Å². The number of likely N-dealkylation sites (tertiary alicyclic amines) is 2. The Balaban J connectivity index is 1.59. The predicted molar refractivity (Wildman–Crippen MR) is 70.2 cm³/mol. The minimum absolute atomic E-state index is 0.375. The normalized spacial score (nSPS) is 33.4. The Morgan fingerprint density at radius 1 is 1.06 bits per heavy atom. The van der Waals surface area contributed by atoms with E-state index < -0.39 is 0 Å². The molecule has 2 heterocycles. The third kappa shape index (κ3) is 3.61. The van der Waals surface area contributed by atoms with Gasteiger partial charge in [0.1, 0.15) is 0 Å². The van der Waals surface area contributed by atoms with Crippen LogP contribution in [0, 0.1) is 5.92 Å². The number of alkyl halides is 1. The van der Waals surface area contributed by atoms with Gasteiger partial charge in [-0.15, -0.1) is 11.6 Å². The van der Waals surface area contributed by atoms with Gasteiger partial charge < -0.3 is 9.80 Å². The molecule has 0 aliphatic carbocycles. The van der Waals surface area contributed by atoms with Crippen LogP contribution in [0.5, 0.6) is 0 Å². The van der Waals surface area contributed by atoms with E-state index in [0.29, 0.717) is 11.3 Å². The molecular weight excluding hydrogens is 220 g/mol. The van der Waals surface area contributed by atoms with Crippen LogP contribution in [0.1, 0.15) is 32.6 Å². The maximum absolute atomic E-state index is 6.32. The molecule has 0 aromatic carbocycles. The van der Waals surface area contributed by atoms with Crippen molar-refractivity contribution in [1.82, 2.24) is 9.80 Å². The van der Waals surface area contributed by atoms with E-state index in [-0.39, 0.29) is 0 Å². The Hall–Kier alpha value is 0.210. The SMILES string of the molecule is CC1CCN(CCCN2CCCC2)CC1Cl. The van der Waals surface area contributed by atoms with Crippen LogP contribution < -0.4 is 0 Å². The van der Waals surface area contributed by atoms with Crippen LogP contribution >= 0.6 is 11.6 Å². The van der Waals surface area contributed by atoms with Crippen LogP contribution in [0.3, 0.4) is 0 Å². The standard InChI is InChI=1S/C13H25ClN2/c1-12-5-10-16(11-13(12)14)9-4-8-15-6-2-3-7-15/h12-13H,2-11H2,1H3. The molecule has 0 amide bonds. The molecule has 2 fully saturated rings. The fraction of sp³-hybridized carbons (Fsp3) is 1.00. The highest BCUT2D eigenvalue weighted by molar-refractivity contribution is 6.21. The Morgan fingerprint density at radius 3 is 2.44 bits per heavy atom. The van der Waals surface area contributed by atoms with Gasteiger partial charge in [0.05, 0.1) is 0 Å². The average molecular weight is 245 g/mol. The molecule has 2 rings (SSSR count). The topological polar surface area (TPSA) is 6.48 Å². The Bertz CT molecular complexity index is 204. The summed E-state index contributed by atoms with van der Waals surface area (Å²) in [4.78, 5) is 5.15. The van der Waals surface area contributed by atoms with Gasteiger partial charge in [0.15, 0.2) is 0 Å². The Morgan fingerprint density at radius 2 is 1.75 bits per heavy atom. The van der Waals surface area contributed by atoms with Crippen molar-refractivity contribution in [3.8, 4) is 0 Å². The third-order valence-corrected chi connectivity index (χ3v) is 4.67. The van der Waals surface area contributed by atoms with Gasteiger partial charge in [0.2, 0.25) is 0 Å². The number of piperidine rings is 1. The lowest BCUT2D eigenvalue weighted by Gasteiger charge is -2.34. The minimum atomic E-state index is 0.375. The summed E-state index contributed by atoms with van der Waals surface area (Å²) in [6.07, 6.45) is 5.41. The first-order valence-corrected chi connectivity index (χ1v) is 7.28. The summed E-state index contributed by atoms with van der Waals surface area (Å²) in [6.45, 7) is 9.82. The smallest absolute Gasteiger partial charge is 0.0489 e. The van der Waals surface area contributed by atoms with E-state index in [2.05, 4.69) is 16.7 Å². The lowest BCUT2D eigenvalue weighted by molar-refractivity contribution is 0.185. The van der Waals surface area contributed by atoms with Crippen molar-refractivity contribution in [2.45, 2.75) is 38.0 Å². The number of rotatable bonds is 4. The molecule has 94 valence electrons. The van der Waals surface area contributed by atoms with Crippen LogP contribution in [0.25, 0.3) is 0 Å². The molecule has 2 nitrogen and oxygen atoms in total. The van der Waals surface area contributed by atoms with E-state index in [1.165, 1.54) is 58.4 Å². The van der Waals surface area contributed by atoms with Crippen LogP contribution in [0.15, 0.2) is 0 Å². The van der Waals surface area contributed by atoms with E-state index in [1.807, 2.05) is 0 Å². The Kier molecular flexibility index (Phi) is 4.93. The minimum Gasteiger partial charge on any atom is -0.303 e. The van der Waals surface area contributed by atoms with Crippen LogP contribution in [0.4, 0.5) is 0 Å². The molecule has 2 aliphatic rings. The fourth-order valence-corrected chi connectivity index (χ4v) is 3.13. The van der Waals surface area contributed by atoms with Gasteiger partial charge in [0, 0.05) is 11.9 Å². The van der Waals surface area contributed by atoms with Gasteiger partial charge in [0.25, 0.3) is 0 Å². The van der Waals surface area contributed by atoms with Crippen molar-refractivity contribution in [3.63, 3.8) is 0 Å². The van der Waals surface area contributed by atoms with Gasteiger partial charge in [-0.1, -0.05) is 6.92 Å². The zero-order valence-electron chi connectivity index (χ0n) is 10.5. The Labute approximate surface area is 105 Å². The zero-order valence-corrected chi connectivity index (χ0v) is 11.3. The molecule has 0 saturated carbocycles. The van der Waals surface area contributed by atoms with E-state index in [9.17, 15) is 0 Å². The molecule has 0 N–H and O–H groups in total. The van der Waals surface area contributed by atoms with Crippen LogP contribution in [-0.2, 0) is 0 Å². The molecule has 2 unspecified atom stereocenters. The summed E-state index contributed by atoms with van der Waals surface area (Å²) >= 11 is 6.32. The van der Waals surface area contributed by atoms with E-state index >= 15 is 0 Å². The zero-order chi connectivity index (χ0) is 11.4. The summed E-state index contributed by atoms with van der Waals surface area (Å²) in [7, 11) is 0. The van der Waals surface area contributed by atoms with Crippen molar-refractivity contribution in [2.24, 2.45) is 5.92 Å². The average Bonchev–Trinajstić information content (AvgIpc) is 2.76. The molecule has 2 saturated heterocycles. The summed E-state index contributed by atoms with van der Waals surface area (Å²) in [5.41, 5.74) is 0. The number of hydrogen-bond donors (Lipinski definition) is 0. The van der Waals surface area contributed by atoms with Crippen molar-refractivity contribution in [1.29, 1.82) is 0 Å². The number of halogens is 1. The van der Waals surface area contributed by atoms with Crippen molar-refractivity contribution in [3.05, 3.63) is 0 Å². The number of hydrogen-bond acceptors (Lipinski definition) is 2. The van der Waals surface area contributed by atoms with E-state index in [4.69, 9.17) is 11.6 Å². The second-order valence-electron chi connectivity index (χ2n) is 5.48. The largest absolute Gasteiger partial charge is 0.303 e. The second kappa shape index (κ2) is 6.23. The monoisotopic (exact) mass is 244 g/mol. The molecular formula is C13H25ClN2. The first-order chi connectivity index (χ1) is 7.75. The molecule has 0 radical (unpaired) electrons. The summed E-state index contributed by atoms with van der Waals surface area (Å²) in [5, 5.41) is 0.375. The second-order valence-corrected chi connectivity index (χ2v) is 6.05. The molecule has 0 aromatic rings. The fourth-order valence-electron chi connectivity index (χ4n) is 2.81. The maximum atomic E-state index is 6.32. The van der Waals surface area contributed by atoms with Gasteiger partial charge >= 0.3 is 0 Å². The summed E-state index contributed by atoms with van der Waals surface area (Å²) in [6, 6.07) is 0. The molecule has 2 atom stereocenters. The molecule has 0 bridgehead atoms.